The van der Waals surface area contributed by atoms with Crippen LogP contribution in [0, 0.1) is 0 Å². The molecule has 0 aliphatic carbocycles. The molecule has 0 fully saturated rings. The van der Waals surface area contributed by atoms with Gasteiger partial charge in [0.2, 0.25) is 5.91 Å². The van der Waals surface area contributed by atoms with Crippen LogP contribution in [0.15, 0.2) is 35.5 Å². The molecule has 0 saturated heterocycles. The quantitative estimate of drug-likeness (QED) is 0.272. The lowest BCUT2D eigenvalue weighted by Gasteiger charge is -2.21. The third-order valence-corrected chi connectivity index (χ3v) is 2.82. The molecular weight excluding hydrogens is 268 g/mol. The summed E-state index contributed by atoms with van der Waals surface area (Å²) in [6.07, 6.45) is 0. The Labute approximate surface area is 125 Å². The van der Waals surface area contributed by atoms with E-state index in [9.17, 15) is 4.79 Å². The second-order valence-corrected chi connectivity index (χ2v) is 5.92. The van der Waals surface area contributed by atoms with E-state index in [0.717, 1.165) is 5.56 Å². The number of nitrogens with two attached hydrogens (primary N) is 1. The predicted octanol–water partition coefficient (Wildman–Crippen LogP) is 1.02. The molecule has 0 saturated carbocycles. The molecule has 1 aromatic rings. The van der Waals surface area contributed by atoms with E-state index in [0.29, 0.717) is 6.54 Å². The van der Waals surface area contributed by atoms with E-state index in [4.69, 9.17) is 10.9 Å². The van der Waals surface area contributed by atoms with Gasteiger partial charge in [-0.2, -0.15) is 0 Å². The highest BCUT2D eigenvalue weighted by atomic mass is 16.4. The Bertz CT molecular complexity index is 480. The first-order chi connectivity index (χ1) is 9.83. The number of benzene rings is 1. The molecule has 1 amide bonds. The zero-order valence-corrected chi connectivity index (χ0v) is 12.8. The number of amidine groups is 1. The van der Waals surface area contributed by atoms with E-state index in [1.54, 1.807) is 0 Å². The first-order valence-electron chi connectivity index (χ1n) is 6.87. The number of hydrogen-bond donors (Lipinski definition) is 4. The van der Waals surface area contributed by atoms with Crippen molar-refractivity contribution >= 4 is 11.7 Å². The molecule has 6 nitrogen and oxygen atoms in total. The van der Waals surface area contributed by atoms with Gasteiger partial charge in [-0.05, 0) is 26.3 Å². The van der Waals surface area contributed by atoms with E-state index in [2.05, 4.69) is 15.8 Å². The topological polar surface area (TPSA) is 99.7 Å². The Morgan fingerprint density at radius 2 is 1.95 bits per heavy atom. The lowest BCUT2D eigenvalue weighted by molar-refractivity contribution is -0.121. The second-order valence-electron chi connectivity index (χ2n) is 5.92. The molecule has 1 aromatic carbocycles. The van der Waals surface area contributed by atoms with Gasteiger partial charge in [0.25, 0.3) is 0 Å². The Kier molecular flexibility index (Phi) is 6.17. The number of hydrogen-bond acceptors (Lipinski definition) is 4. The van der Waals surface area contributed by atoms with Gasteiger partial charge in [0.05, 0.1) is 12.5 Å². The van der Waals surface area contributed by atoms with Crippen molar-refractivity contribution in [2.75, 3.05) is 13.1 Å². The molecule has 0 spiro atoms. The zero-order chi connectivity index (χ0) is 15.9. The fourth-order valence-corrected chi connectivity index (χ4v) is 1.94. The minimum atomic E-state index is -0.279. The maximum Gasteiger partial charge on any atom is 0.234 e. The molecular formula is C15H24N4O2. The number of carbonyl (C=O) groups is 1. The van der Waals surface area contributed by atoms with Gasteiger partial charge in [0.15, 0.2) is 0 Å². The van der Waals surface area contributed by atoms with Crippen molar-refractivity contribution < 1.29 is 10.0 Å². The summed E-state index contributed by atoms with van der Waals surface area (Å²) in [4.78, 5) is 11.7. The normalized spacial score (nSPS) is 13.8. The summed E-state index contributed by atoms with van der Waals surface area (Å²) in [7, 11) is 0. The average molecular weight is 292 g/mol. The van der Waals surface area contributed by atoms with Crippen molar-refractivity contribution in [2.24, 2.45) is 10.9 Å². The largest absolute Gasteiger partial charge is 0.409 e. The van der Waals surface area contributed by atoms with Crippen LogP contribution in [0.4, 0.5) is 0 Å². The van der Waals surface area contributed by atoms with Crippen molar-refractivity contribution in [3.8, 4) is 0 Å². The molecule has 1 atom stereocenters. The SMILES string of the molecule is CC(C)(C)NC(=O)CNCC(/C(N)=N/O)c1ccccc1. The van der Waals surface area contributed by atoms with Gasteiger partial charge in [0, 0.05) is 12.1 Å². The van der Waals surface area contributed by atoms with Crippen molar-refractivity contribution in [1.29, 1.82) is 0 Å². The standard InChI is InChI=1S/C15H24N4O2/c1-15(2,3)18-13(20)10-17-9-12(14(16)19-21)11-7-5-4-6-8-11/h4-8,12,17,21H,9-10H2,1-3H3,(H2,16,19)(H,18,20). The van der Waals surface area contributed by atoms with Crippen molar-refractivity contribution in [3.05, 3.63) is 35.9 Å². The maximum atomic E-state index is 11.7. The molecule has 1 rings (SSSR count). The lowest BCUT2D eigenvalue weighted by atomic mass is 9.98. The minimum Gasteiger partial charge on any atom is -0.409 e. The highest BCUT2D eigenvalue weighted by Gasteiger charge is 2.18. The summed E-state index contributed by atoms with van der Waals surface area (Å²) in [6.45, 7) is 6.37. The van der Waals surface area contributed by atoms with Crippen LogP contribution in [0.1, 0.15) is 32.3 Å². The van der Waals surface area contributed by atoms with Crippen molar-refractivity contribution in [1.82, 2.24) is 10.6 Å². The Balaban J connectivity index is 2.58. The molecule has 6 heteroatoms. The molecule has 0 aliphatic heterocycles. The van der Waals surface area contributed by atoms with Crippen LogP contribution in [0.25, 0.3) is 0 Å². The van der Waals surface area contributed by atoms with E-state index in [-0.39, 0.29) is 29.7 Å². The zero-order valence-electron chi connectivity index (χ0n) is 12.8. The number of oxime groups is 1. The molecule has 0 radical (unpaired) electrons. The molecule has 1 unspecified atom stereocenters. The summed E-state index contributed by atoms with van der Waals surface area (Å²) >= 11 is 0. The number of amides is 1. The highest BCUT2D eigenvalue weighted by molar-refractivity contribution is 5.87. The fraction of sp³-hybridized carbons (Fsp3) is 0.467. The van der Waals surface area contributed by atoms with E-state index < -0.39 is 0 Å². The van der Waals surface area contributed by atoms with Crippen LogP contribution in [0.5, 0.6) is 0 Å². The van der Waals surface area contributed by atoms with Crippen LogP contribution in [0.3, 0.4) is 0 Å². The van der Waals surface area contributed by atoms with Crippen LogP contribution in [-0.2, 0) is 4.79 Å². The average Bonchev–Trinajstić information content (AvgIpc) is 2.42. The Morgan fingerprint density at radius 1 is 1.33 bits per heavy atom. The predicted molar refractivity (Wildman–Crippen MR) is 83.4 cm³/mol. The number of rotatable bonds is 6. The van der Waals surface area contributed by atoms with E-state index in [1.165, 1.54) is 0 Å². The van der Waals surface area contributed by atoms with Crippen LogP contribution in [-0.4, -0.2) is 35.6 Å². The second kappa shape index (κ2) is 7.64. The lowest BCUT2D eigenvalue weighted by Crippen LogP contribution is -2.45. The highest BCUT2D eigenvalue weighted by Crippen LogP contribution is 2.14. The van der Waals surface area contributed by atoms with Gasteiger partial charge in [-0.3, -0.25) is 4.79 Å². The summed E-state index contributed by atoms with van der Waals surface area (Å²) in [5.74, 6) is -0.252. The third kappa shape index (κ3) is 6.27. The van der Waals surface area contributed by atoms with Crippen molar-refractivity contribution in [3.63, 3.8) is 0 Å². The summed E-state index contributed by atoms with van der Waals surface area (Å²) in [6, 6.07) is 9.48. The molecule has 0 bridgehead atoms. The third-order valence-electron chi connectivity index (χ3n) is 2.82. The van der Waals surface area contributed by atoms with Crippen LogP contribution in [0.2, 0.25) is 0 Å². The maximum absolute atomic E-state index is 11.7. The van der Waals surface area contributed by atoms with Gasteiger partial charge in [0.1, 0.15) is 5.84 Å². The van der Waals surface area contributed by atoms with Gasteiger partial charge < -0.3 is 21.6 Å². The Hall–Kier alpha value is -2.08. The summed E-state index contributed by atoms with van der Waals surface area (Å²) in [5.41, 5.74) is 6.39. The molecule has 0 aromatic heterocycles. The van der Waals surface area contributed by atoms with E-state index >= 15 is 0 Å². The fourth-order valence-electron chi connectivity index (χ4n) is 1.94. The summed E-state index contributed by atoms with van der Waals surface area (Å²) in [5, 5.41) is 17.9. The molecule has 5 N–H and O–H groups in total. The molecule has 21 heavy (non-hydrogen) atoms. The summed E-state index contributed by atoms with van der Waals surface area (Å²) < 4.78 is 0. The van der Waals surface area contributed by atoms with Crippen LogP contribution >= 0.6 is 0 Å². The van der Waals surface area contributed by atoms with Gasteiger partial charge in [-0.1, -0.05) is 35.5 Å². The number of nitrogens with zero attached hydrogens (tertiary/aromatic N) is 1. The van der Waals surface area contributed by atoms with Gasteiger partial charge in [-0.25, -0.2) is 0 Å². The molecule has 116 valence electrons. The molecule has 0 heterocycles. The van der Waals surface area contributed by atoms with E-state index in [1.807, 2.05) is 51.1 Å². The van der Waals surface area contributed by atoms with Crippen LogP contribution < -0.4 is 16.4 Å². The van der Waals surface area contributed by atoms with Gasteiger partial charge >= 0.3 is 0 Å². The monoisotopic (exact) mass is 292 g/mol. The Morgan fingerprint density at radius 3 is 2.48 bits per heavy atom. The first-order valence-corrected chi connectivity index (χ1v) is 6.87. The smallest absolute Gasteiger partial charge is 0.234 e. The number of nitrogens with one attached hydrogen (secondary N) is 2. The first kappa shape index (κ1) is 17.0. The minimum absolute atomic E-state index is 0.0891. The number of carbonyl (C=O) groups excluding carboxylic acids is 1. The van der Waals surface area contributed by atoms with Crippen molar-refractivity contribution in [2.45, 2.75) is 32.2 Å². The molecule has 0 aliphatic rings. The van der Waals surface area contributed by atoms with Gasteiger partial charge in [-0.15, -0.1) is 0 Å².